The molecule has 1 fully saturated rings. The predicted octanol–water partition coefficient (Wildman–Crippen LogP) is 7.90. The van der Waals surface area contributed by atoms with Crippen LogP contribution in [0.3, 0.4) is 0 Å². The first-order valence-electron chi connectivity index (χ1n) is 16.3. The van der Waals surface area contributed by atoms with E-state index in [4.69, 9.17) is 0 Å². The lowest BCUT2D eigenvalue weighted by Crippen LogP contribution is -2.21. The highest BCUT2D eigenvalue weighted by Gasteiger charge is 2.15. The summed E-state index contributed by atoms with van der Waals surface area (Å²) in [6, 6.07) is 7.07. The number of anilines is 1. The fourth-order valence-electron chi connectivity index (χ4n) is 6.27. The van der Waals surface area contributed by atoms with Crippen LogP contribution in [-0.2, 0) is 0 Å². The second kappa shape index (κ2) is 15.2. The summed E-state index contributed by atoms with van der Waals surface area (Å²) in [6.07, 6.45) is 22.0. The van der Waals surface area contributed by atoms with Gasteiger partial charge in [-0.3, -0.25) is 10.1 Å². The Morgan fingerprint density at radius 1 is 1.13 bits per heavy atom. The summed E-state index contributed by atoms with van der Waals surface area (Å²) in [7, 11) is 4.03. The van der Waals surface area contributed by atoms with Crippen LogP contribution in [0.4, 0.5) is 10.1 Å². The highest BCUT2D eigenvalue weighted by Crippen LogP contribution is 2.33. The van der Waals surface area contributed by atoms with Crippen molar-refractivity contribution >= 4 is 29.2 Å². The number of benzene rings is 1. The quantitative estimate of drug-likeness (QED) is 0.141. The zero-order chi connectivity index (χ0) is 32.6. The van der Waals surface area contributed by atoms with Crippen molar-refractivity contribution in [2.45, 2.75) is 52.4 Å². The van der Waals surface area contributed by atoms with Crippen LogP contribution in [0.1, 0.15) is 52.4 Å². The molecule has 46 heavy (non-hydrogen) atoms. The summed E-state index contributed by atoms with van der Waals surface area (Å²) in [5, 5.41) is 13.7. The van der Waals surface area contributed by atoms with Gasteiger partial charge in [-0.25, -0.2) is 4.39 Å². The second-order valence-electron chi connectivity index (χ2n) is 12.6. The number of H-pyrrole nitrogens is 2. The van der Waals surface area contributed by atoms with E-state index in [1.807, 2.05) is 38.4 Å². The van der Waals surface area contributed by atoms with Gasteiger partial charge in [0.15, 0.2) is 0 Å². The largest absolute Gasteiger partial charge is 0.384 e. The maximum Gasteiger partial charge on any atom is 0.125 e. The van der Waals surface area contributed by atoms with E-state index in [0.717, 1.165) is 80.7 Å². The zero-order valence-electron chi connectivity index (χ0n) is 27.7. The van der Waals surface area contributed by atoms with E-state index in [9.17, 15) is 4.39 Å². The van der Waals surface area contributed by atoms with Crippen molar-refractivity contribution in [2.24, 2.45) is 5.92 Å². The Hall–Kier alpha value is -4.49. The van der Waals surface area contributed by atoms with Gasteiger partial charge in [0, 0.05) is 41.1 Å². The Kier molecular flexibility index (Phi) is 10.9. The number of nitrogens with one attached hydrogen (secondary N) is 3. The van der Waals surface area contributed by atoms with Crippen LogP contribution in [0.2, 0.25) is 0 Å². The lowest BCUT2D eigenvalue weighted by Gasteiger charge is -2.22. The number of pyridine rings is 1. The van der Waals surface area contributed by atoms with Gasteiger partial charge < -0.3 is 15.2 Å². The van der Waals surface area contributed by atoms with Crippen LogP contribution >= 0.6 is 0 Å². The third-order valence-corrected chi connectivity index (χ3v) is 8.92. The highest BCUT2D eigenvalue weighted by atomic mass is 19.1. The van der Waals surface area contributed by atoms with Crippen molar-refractivity contribution in [3.05, 3.63) is 101 Å². The molecule has 0 amide bonds. The maximum atomic E-state index is 14.7. The third-order valence-electron chi connectivity index (χ3n) is 8.92. The minimum Gasteiger partial charge on any atom is -0.384 e. The summed E-state index contributed by atoms with van der Waals surface area (Å²) >= 11 is 0. The van der Waals surface area contributed by atoms with Crippen molar-refractivity contribution in [3.8, 4) is 22.5 Å². The average Bonchev–Trinajstić information content (AvgIpc) is 3.64. The average molecular weight is 619 g/mol. The number of allylic oxidation sites excluding steroid dienone is 7. The topological polar surface area (TPSA) is 72.6 Å². The number of hydrogen-bond acceptors (Lipinski definition) is 4. The molecule has 0 unspecified atom stereocenters. The lowest BCUT2D eigenvalue weighted by atomic mass is 9.84. The first-order valence-corrected chi connectivity index (χ1v) is 16.3. The first kappa shape index (κ1) is 32.9. The maximum absolute atomic E-state index is 14.7. The molecule has 4 aromatic rings. The molecule has 0 radical (unpaired) electrons. The standard InChI is InChI=1S/C39H47FN6/c1-7-28(18-29-12-10-9-11-13-29)19-30(8-2)26(3)14-15-36-27(4)39(45-44-36)37-23-34-35(24-41-25-38(34)43-37)31-20-32(40)22-33(21-31)42-16-17-46(5)6/h7-8,14-15,19-25,29,42-44H,1,4,9-13,16-18H2,2-3,5-6H3/b26-14+,28-19+,30-8+,36-15+. The molecule has 5 rings (SSSR count). The zero-order valence-corrected chi connectivity index (χ0v) is 27.7. The molecule has 1 aromatic carbocycles. The molecule has 0 bridgehead atoms. The Bertz CT molecular complexity index is 1880. The number of aromatic nitrogens is 4. The van der Waals surface area contributed by atoms with Gasteiger partial charge >= 0.3 is 0 Å². The fourth-order valence-corrected chi connectivity index (χ4v) is 6.27. The smallest absolute Gasteiger partial charge is 0.125 e. The summed E-state index contributed by atoms with van der Waals surface area (Å²) in [5.41, 5.74) is 8.40. The van der Waals surface area contributed by atoms with Gasteiger partial charge in [0.2, 0.25) is 0 Å². The number of hydrogen-bond donors (Lipinski definition) is 3. The Labute approximate surface area is 272 Å². The van der Waals surface area contributed by atoms with Gasteiger partial charge in [0.1, 0.15) is 11.5 Å². The molecule has 0 saturated heterocycles. The minimum atomic E-state index is -0.296. The van der Waals surface area contributed by atoms with Gasteiger partial charge in [-0.2, -0.15) is 5.10 Å². The molecule has 1 aliphatic carbocycles. The molecule has 1 saturated carbocycles. The Balaban J connectivity index is 1.40. The van der Waals surface area contributed by atoms with Crippen molar-refractivity contribution in [1.29, 1.82) is 0 Å². The van der Waals surface area contributed by atoms with Crippen molar-refractivity contribution in [1.82, 2.24) is 25.1 Å². The van der Waals surface area contributed by atoms with E-state index in [2.05, 4.69) is 75.6 Å². The number of halogens is 1. The van der Waals surface area contributed by atoms with E-state index in [0.29, 0.717) is 0 Å². The SMILES string of the molecule is C=C\C(=C/C(=C\C)C(/C)=C/C=c1/[nH]nc(-c2cc3c(-c4cc(F)cc(NCCN(C)C)c4)cncc3[nH]2)c1=C)CC1CCCCC1. The van der Waals surface area contributed by atoms with Crippen molar-refractivity contribution in [2.75, 3.05) is 32.5 Å². The molecule has 240 valence electrons. The van der Waals surface area contributed by atoms with Crippen LogP contribution in [-0.4, -0.2) is 52.3 Å². The number of rotatable bonds is 12. The monoisotopic (exact) mass is 618 g/mol. The van der Waals surface area contributed by atoms with Crippen LogP contribution in [0.15, 0.2) is 84.3 Å². The summed E-state index contributed by atoms with van der Waals surface area (Å²) in [4.78, 5) is 9.98. The van der Waals surface area contributed by atoms with Crippen molar-refractivity contribution in [3.63, 3.8) is 0 Å². The van der Waals surface area contributed by atoms with Gasteiger partial charge in [-0.1, -0.05) is 69.6 Å². The Morgan fingerprint density at radius 2 is 1.93 bits per heavy atom. The minimum absolute atomic E-state index is 0.296. The Morgan fingerprint density at radius 3 is 2.67 bits per heavy atom. The van der Waals surface area contributed by atoms with Gasteiger partial charge in [-0.05, 0) is 92.9 Å². The van der Waals surface area contributed by atoms with Crippen molar-refractivity contribution < 1.29 is 4.39 Å². The van der Waals surface area contributed by atoms with Crippen LogP contribution < -0.4 is 15.9 Å². The molecule has 0 spiro atoms. The van der Waals surface area contributed by atoms with Gasteiger partial charge in [-0.15, -0.1) is 0 Å². The number of likely N-dealkylation sites (N-methyl/N-ethyl adjacent to an activating group) is 1. The first-order chi connectivity index (χ1) is 22.2. The molecule has 3 N–H and O–H groups in total. The van der Waals surface area contributed by atoms with Gasteiger partial charge in [0.05, 0.1) is 22.8 Å². The summed E-state index contributed by atoms with van der Waals surface area (Å²) in [6.45, 7) is 14.2. The fraction of sp³-hybridized carbons (Fsp3) is 0.333. The van der Waals surface area contributed by atoms with E-state index >= 15 is 0 Å². The van der Waals surface area contributed by atoms with Crippen LogP contribution in [0.5, 0.6) is 0 Å². The lowest BCUT2D eigenvalue weighted by molar-refractivity contribution is 0.358. The van der Waals surface area contributed by atoms with Crippen LogP contribution in [0, 0.1) is 11.7 Å². The normalized spacial score (nSPS) is 15.7. The highest BCUT2D eigenvalue weighted by molar-refractivity contribution is 5.97. The second-order valence-corrected chi connectivity index (χ2v) is 12.6. The molecule has 6 nitrogen and oxygen atoms in total. The number of aromatic amines is 2. The molecular formula is C39H47FN6. The van der Waals surface area contributed by atoms with Gasteiger partial charge in [0.25, 0.3) is 0 Å². The molecular weight excluding hydrogens is 571 g/mol. The number of nitrogens with zero attached hydrogens (tertiary/aromatic N) is 3. The summed E-state index contributed by atoms with van der Waals surface area (Å²) < 4.78 is 14.7. The molecule has 3 aromatic heterocycles. The van der Waals surface area contributed by atoms with Crippen LogP contribution in [0.25, 0.3) is 46.1 Å². The number of fused-ring (bicyclic) bond motifs is 1. The third kappa shape index (κ3) is 8.01. The van der Waals surface area contributed by atoms with E-state index in [-0.39, 0.29) is 5.82 Å². The molecule has 7 heteroatoms. The van der Waals surface area contributed by atoms with E-state index in [1.54, 1.807) is 18.5 Å². The van der Waals surface area contributed by atoms with E-state index < -0.39 is 0 Å². The predicted molar refractivity (Wildman–Crippen MR) is 192 cm³/mol. The molecule has 0 atom stereocenters. The molecule has 3 heterocycles. The van der Waals surface area contributed by atoms with E-state index in [1.165, 1.54) is 49.3 Å². The molecule has 0 aliphatic heterocycles. The summed E-state index contributed by atoms with van der Waals surface area (Å²) in [5.74, 6) is 0.469. The molecule has 1 aliphatic rings.